The van der Waals surface area contributed by atoms with Gasteiger partial charge in [0.05, 0.1) is 36.4 Å². The molecule has 4 aliphatic heterocycles. The Labute approximate surface area is 337 Å². The standard InChI is InChI=1S/C44H60N4O9/c1-11-35-44(7)41-28(5)37(45-18-19-48(41)43(51)57-44)27(4)38(53-20-14-15-30-22-31-16-12-13-17-32(31)46-24-30)29(6)39(26(3)34(49)23-36(50)55-35)56-42-40(52-10)33(47(8)9)21-25(2)54-42/h12-13,16-17,22,24-29,33,35,38-42H,11,18-21,23H2,1-10H3/t25-,26+,27+,28-,29-,33+,35+,38+,39-,40-,41?,42+,44-/m1/s1. The maximum Gasteiger partial charge on any atom is 0.410 e. The van der Waals surface area contributed by atoms with Gasteiger partial charge in [0.25, 0.3) is 0 Å². The predicted molar refractivity (Wildman–Crippen MR) is 215 cm³/mol. The van der Waals surface area contributed by atoms with E-state index < -0.39 is 72.7 Å². The molecule has 0 aliphatic carbocycles. The van der Waals surface area contributed by atoms with Crippen LogP contribution in [0.3, 0.4) is 0 Å². The minimum absolute atomic E-state index is 0.00911. The maximum absolute atomic E-state index is 14.2. The van der Waals surface area contributed by atoms with E-state index >= 15 is 0 Å². The van der Waals surface area contributed by atoms with Gasteiger partial charge in [-0.25, -0.2) is 4.79 Å². The highest BCUT2D eigenvalue weighted by Gasteiger charge is 2.60. The number of ether oxygens (including phenoxy) is 6. The van der Waals surface area contributed by atoms with E-state index in [-0.39, 0.29) is 36.4 Å². The number of aliphatic imine (C=N–C) groups is 1. The molecule has 1 aromatic heterocycles. The highest BCUT2D eigenvalue weighted by Crippen LogP contribution is 2.43. The van der Waals surface area contributed by atoms with Gasteiger partial charge in [-0.1, -0.05) is 64.7 Å². The monoisotopic (exact) mass is 788 g/mol. The highest BCUT2D eigenvalue weighted by molar-refractivity contribution is 5.97. The zero-order valence-corrected chi connectivity index (χ0v) is 35.1. The SMILES string of the molecule is CC[C@@H]1OC(=O)CC(=O)[C@H](C)[C@@H](O[C@@H]2O[C@H](C)C[C@H](N(C)C)[C@H]2OC)[C@H](C)[C@@H](OCC#Cc2cnc3ccccc3c2)[C@@H](C)C2=NCCN3C(=O)O[C@@]1(C)C3[C@@H]2C. The molecule has 57 heavy (non-hydrogen) atoms. The molecule has 3 fully saturated rings. The van der Waals surface area contributed by atoms with Gasteiger partial charge < -0.3 is 33.3 Å². The summed E-state index contributed by atoms with van der Waals surface area (Å²) in [5.74, 6) is 3.53. The maximum atomic E-state index is 14.2. The molecule has 13 heteroatoms. The van der Waals surface area contributed by atoms with Crippen LogP contribution in [0.1, 0.15) is 73.3 Å². The first-order valence-electron chi connectivity index (χ1n) is 20.4. The van der Waals surface area contributed by atoms with Gasteiger partial charge in [-0.05, 0) is 52.9 Å². The number of cyclic esters (lactones) is 1. The summed E-state index contributed by atoms with van der Waals surface area (Å²) in [6, 6.07) is 9.39. The van der Waals surface area contributed by atoms with Crippen LogP contribution in [0, 0.1) is 35.5 Å². The summed E-state index contributed by atoms with van der Waals surface area (Å²) >= 11 is 0. The first-order chi connectivity index (χ1) is 27.2. The Balaban J connectivity index is 1.41. The second-order valence-electron chi connectivity index (χ2n) is 16.6. The third-order valence-electron chi connectivity index (χ3n) is 12.6. The number of fused-ring (bicyclic) bond motifs is 2. The van der Waals surface area contributed by atoms with Gasteiger partial charge in [-0.15, -0.1) is 0 Å². The predicted octanol–water partition coefficient (Wildman–Crippen LogP) is 5.31. The van der Waals surface area contributed by atoms with Crippen molar-refractivity contribution in [3.8, 4) is 11.8 Å². The number of carbonyl (C=O) groups is 3. The number of likely N-dealkylation sites (N-methyl/N-ethyl adjacent to an activating group) is 1. The number of rotatable bonds is 7. The van der Waals surface area contributed by atoms with Crippen LogP contribution in [0.2, 0.25) is 0 Å². The van der Waals surface area contributed by atoms with Crippen molar-refractivity contribution in [2.75, 3.05) is 40.9 Å². The van der Waals surface area contributed by atoms with Gasteiger partial charge >= 0.3 is 12.1 Å². The van der Waals surface area contributed by atoms with Crippen molar-refractivity contribution in [1.29, 1.82) is 0 Å². The third kappa shape index (κ3) is 8.76. The molecule has 0 spiro atoms. The number of Topliss-reactive ketones (excluding diaryl/α,β-unsaturated/α-hetero) is 1. The Hall–Kier alpha value is -3.93. The lowest BCUT2D eigenvalue weighted by molar-refractivity contribution is -0.286. The van der Waals surface area contributed by atoms with Crippen molar-refractivity contribution in [3.05, 3.63) is 42.1 Å². The fourth-order valence-electron chi connectivity index (χ4n) is 9.70. The van der Waals surface area contributed by atoms with Crippen LogP contribution in [0.4, 0.5) is 4.79 Å². The van der Waals surface area contributed by atoms with E-state index in [1.807, 2.05) is 72.1 Å². The van der Waals surface area contributed by atoms with Crippen LogP contribution in [0.25, 0.3) is 10.9 Å². The largest absolute Gasteiger partial charge is 0.458 e. The van der Waals surface area contributed by atoms with E-state index in [0.29, 0.717) is 19.5 Å². The topological polar surface area (TPSA) is 138 Å². The molecule has 4 aliphatic rings. The molecule has 1 aromatic carbocycles. The number of methoxy groups -OCH3 is 1. The average Bonchev–Trinajstić information content (AvgIpc) is 3.31. The molecule has 5 heterocycles. The first kappa shape index (κ1) is 42.7. The van der Waals surface area contributed by atoms with E-state index in [9.17, 15) is 14.4 Å². The molecule has 13 atom stereocenters. The van der Waals surface area contributed by atoms with Crippen LogP contribution in [0.5, 0.6) is 0 Å². The number of para-hydroxylation sites is 1. The van der Waals surface area contributed by atoms with Gasteiger partial charge in [0, 0.05) is 66.2 Å². The molecular formula is C44H60N4O9. The number of pyridine rings is 1. The van der Waals surface area contributed by atoms with Gasteiger partial charge in [0.1, 0.15) is 31.0 Å². The normalized spacial score (nSPS) is 36.4. The molecule has 13 nitrogen and oxygen atoms in total. The number of hydrogen-bond donors (Lipinski definition) is 0. The smallest absolute Gasteiger partial charge is 0.410 e. The van der Waals surface area contributed by atoms with E-state index in [1.165, 1.54) is 0 Å². The molecule has 310 valence electrons. The van der Waals surface area contributed by atoms with Crippen molar-refractivity contribution in [2.24, 2.45) is 28.7 Å². The number of hydrogen-bond acceptors (Lipinski definition) is 12. The van der Waals surface area contributed by atoms with Crippen LogP contribution in [-0.4, -0.2) is 134 Å². The molecule has 1 unspecified atom stereocenters. The number of aromatic nitrogens is 1. The van der Waals surface area contributed by atoms with Crippen LogP contribution < -0.4 is 0 Å². The number of nitrogens with zero attached hydrogens (tertiary/aromatic N) is 4. The summed E-state index contributed by atoms with van der Waals surface area (Å²) in [6.45, 7) is 14.4. The Morgan fingerprint density at radius 1 is 1.02 bits per heavy atom. The molecule has 0 radical (unpaired) electrons. The van der Waals surface area contributed by atoms with Crippen LogP contribution >= 0.6 is 0 Å². The molecule has 0 N–H and O–H groups in total. The first-order valence-corrected chi connectivity index (χ1v) is 20.4. The fourth-order valence-corrected chi connectivity index (χ4v) is 9.70. The Morgan fingerprint density at radius 2 is 1.77 bits per heavy atom. The number of ketones is 1. The number of amides is 1. The average molecular weight is 789 g/mol. The van der Waals surface area contributed by atoms with Crippen LogP contribution in [-0.2, 0) is 38.0 Å². The number of benzene rings is 1. The summed E-state index contributed by atoms with van der Waals surface area (Å²) in [4.78, 5) is 54.9. The molecule has 6 rings (SSSR count). The third-order valence-corrected chi connectivity index (χ3v) is 12.6. The van der Waals surface area contributed by atoms with Crippen molar-refractivity contribution in [3.63, 3.8) is 0 Å². The minimum atomic E-state index is -1.19. The summed E-state index contributed by atoms with van der Waals surface area (Å²) in [6.07, 6.45) is -1.66. The lowest BCUT2D eigenvalue weighted by Crippen LogP contribution is -2.58. The summed E-state index contributed by atoms with van der Waals surface area (Å²) in [5, 5.41) is 0.993. The molecule has 3 saturated heterocycles. The van der Waals surface area contributed by atoms with Crippen molar-refractivity contribution in [1.82, 2.24) is 14.8 Å². The van der Waals surface area contributed by atoms with Gasteiger partial charge in [0.15, 0.2) is 11.9 Å². The summed E-state index contributed by atoms with van der Waals surface area (Å²) in [7, 11) is 5.64. The molecule has 1 amide bonds. The molecule has 0 saturated carbocycles. The Kier molecular flexibility index (Phi) is 13.4. The van der Waals surface area contributed by atoms with Crippen molar-refractivity contribution >= 4 is 34.5 Å². The molecular weight excluding hydrogens is 729 g/mol. The minimum Gasteiger partial charge on any atom is -0.458 e. The van der Waals surface area contributed by atoms with Crippen molar-refractivity contribution < 1.29 is 42.8 Å². The van der Waals surface area contributed by atoms with E-state index in [4.69, 9.17) is 33.4 Å². The van der Waals surface area contributed by atoms with Gasteiger partial charge in [-0.2, -0.15) is 0 Å². The second kappa shape index (κ2) is 17.9. The van der Waals surface area contributed by atoms with Gasteiger partial charge in [-0.3, -0.25) is 24.5 Å². The van der Waals surface area contributed by atoms with E-state index in [1.54, 1.807) is 25.1 Å². The summed E-state index contributed by atoms with van der Waals surface area (Å²) in [5.41, 5.74) is 1.31. The van der Waals surface area contributed by atoms with Gasteiger partial charge in [0.2, 0.25) is 0 Å². The Bertz CT molecular complexity index is 1880. The highest BCUT2D eigenvalue weighted by atomic mass is 16.7. The zero-order valence-electron chi connectivity index (χ0n) is 35.1. The van der Waals surface area contributed by atoms with Crippen LogP contribution in [0.15, 0.2) is 41.5 Å². The second-order valence-corrected chi connectivity index (χ2v) is 16.6. The van der Waals surface area contributed by atoms with Crippen molar-refractivity contribution in [2.45, 2.75) is 122 Å². The lowest BCUT2D eigenvalue weighted by atomic mass is 9.73. The summed E-state index contributed by atoms with van der Waals surface area (Å²) < 4.78 is 38.4. The number of esters is 1. The zero-order chi connectivity index (χ0) is 41.2. The number of carbonyl (C=O) groups excluding carboxylic acids is 3. The quantitative estimate of drug-likeness (QED) is 0.205. The van der Waals surface area contributed by atoms with E-state index in [2.05, 4.69) is 35.6 Å². The molecule has 2 bridgehead atoms. The van der Waals surface area contributed by atoms with E-state index in [0.717, 1.165) is 28.6 Å². The molecule has 2 aromatic rings. The fraction of sp³-hybridized carbons (Fsp3) is 0.659. The lowest BCUT2D eigenvalue weighted by Gasteiger charge is -2.46. The Morgan fingerprint density at radius 3 is 2.49 bits per heavy atom.